The smallest absolute Gasteiger partial charge is 0.292 e. The average molecular weight is 250 g/mol. The summed E-state index contributed by atoms with van der Waals surface area (Å²) in [6.07, 6.45) is -2.68. The largest absolute Gasteiger partial charge is 0.397 e. The summed E-state index contributed by atoms with van der Waals surface area (Å²) in [6.45, 7) is 3.26. The molecule has 2 aliphatic carbocycles. The molecule has 2 atom stereocenters. The van der Waals surface area contributed by atoms with E-state index in [1.54, 1.807) is 13.8 Å². The highest BCUT2D eigenvalue weighted by atomic mass is 19.3. The van der Waals surface area contributed by atoms with Crippen molar-refractivity contribution in [1.82, 2.24) is 0 Å². The van der Waals surface area contributed by atoms with Gasteiger partial charge in [-0.1, -0.05) is 0 Å². The van der Waals surface area contributed by atoms with Crippen molar-refractivity contribution in [2.24, 2.45) is 22.6 Å². The third kappa shape index (κ3) is 1.83. The Labute approximate surface area is 96.6 Å². The molecule has 0 heterocycles. The number of hydrogen-bond acceptors (Lipinski definition) is 2. The van der Waals surface area contributed by atoms with Crippen LogP contribution in [0.5, 0.6) is 0 Å². The lowest BCUT2D eigenvalue weighted by Gasteiger charge is -2.17. The van der Waals surface area contributed by atoms with E-state index in [0.29, 0.717) is 0 Å². The summed E-state index contributed by atoms with van der Waals surface area (Å²) < 4.78 is 52.7. The highest BCUT2D eigenvalue weighted by molar-refractivity contribution is 6.10. The molecule has 96 valence electrons. The molecular formula is C11H14F4N2. The van der Waals surface area contributed by atoms with Gasteiger partial charge in [-0.3, -0.25) is 4.99 Å². The van der Waals surface area contributed by atoms with Crippen LogP contribution in [0.15, 0.2) is 16.3 Å². The first-order valence-corrected chi connectivity index (χ1v) is 5.51. The van der Waals surface area contributed by atoms with Gasteiger partial charge in [0, 0.05) is 17.5 Å². The molecule has 0 aromatic carbocycles. The molecule has 2 N–H and O–H groups in total. The molecule has 0 saturated heterocycles. The maximum absolute atomic E-state index is 13.8. The van der Waals surface area contributed by atoms with Crippen LogP contribution in [0.3, 0.4) is 0 Å². The molecule has 6 heteroatoms. The highest BCUT2D eigenvalue weighted by Gasteiger charge is 2.67. The van der Waals surface area contributed by atoms with Gasteiger partial charge in [-0.15, -0.1) is 0 Å². The molecule has 0 bridgehead atoms. The molecule has 2 rings (SSSR count). The minimum atomic E-state index is -3.11. The van der Waals surface area contributed by atoms with Gasteiger partial charge in [-0.25, -0.2) is 8.78 Å². The molecular weight excluding hydrogens is 236 g/mol. The first-order valence-electron chi connectivity index (χ1n) is 5.51. The summed E-state index contributed by atoms with van der Waals surface area (Å²) in [6, 6.07) is -0.367. The Morgan fingerprint density at radius 2 is 2.00 bits per heavy atom. The van der Waals surface area contributed by atoms with E-state index in [9.17, 15) is 17.6 Å². The van der Waals surface area contributed by atoms with E-state index >= 15 is 0 Å². The molecule has 0 radical (unpaired) electrons. The molecule has 1 unspecified atom stereocenters. The zero-order valence-corrected chi connectivity index (χ0v) is 9.55. The molecule has 0 aromatic heterocycles. The molecule has 2 nitrogen and oxygen atoms in total. The second kappa shape index (κ2) is 3.71. The van der Waals surface area contributed by atoms with Crippen molar-refractivity contribution < 1.29 is 17.6 Å². The maximum atomic E-state index is 13.8. The van der Waals surface area contributed by atoms with Crippen LogP contribution in [0.2, 0.25) is 0 Å². The summed E-state index contributed by atoms with van der Waals surface area (Å²) >= 11 is 0. The lowest BCUT2D eigenvalue weighted by atomic mass is 10.0. The van der Waals surface area contributed by atoms with Crippen LogP contribution in [0.4, 0.5) is 17.6 Å². The number of nitrogens with zero attached hydrogens (tertiary/aromatic N) is 1. The third-order valence-electron chi connectivity index (χ3n) is 3.13. The minimum Gasteiger partial charge on any atom is -0.397 e. The number of fused-ring (bicyclic) bond motifs is 1. The van der Waals surface area contributed by atoms with Crippen LogP contribution in [0, 0.1) is 11.8 Å². The first-order chi connectivity index (χ1) is 7.76. The summed E-state index contributed by atoms with van der Waals surface area (Å²) in [7, 11) is 0. The SMILES string of the molecule is CC(C)N=C1/C(=C(\N)C(F)F)[C@H]2CC2C1(F)F. The van der Waals surface area contributed by atoms with E-state index < -0.39 is 35.6 Å². The fourth-order valence-corrected chi connectivity index (χ4v) is 2.33. The van der Waals surface area contributed by atoms with Crippen molar-refractivity contribution >= 4 is 5.71 Å². The topological polar surface area (TPSA) is 38.4 Å². The van der Waals surface area contributed by atoms with Crippen LogP contribution in [-0.4, -0.2) is 24.1 Å². The van der Waals surface area contributed by atoms with Crippen LogP contribution < -0.4 is 5.73 Å². The Morgan fingerprint density at radius 3 is 2.47 bits per heavy atom. The van der Waals surface area contributed by atoms with Crippen LogP contribution >= 0.6 is 0 Å². The highest BCUT2D eigenvalue weighted by Crippen LogP contribution is 2.61. The summed E-state index contributed by atoms with van der Waals surface area (Å²) in [5.41, 5.74) is 3.87. The van der Waals surface area contributed by atoms with E-state index in [0.717, 1.165) is 0 Å². The summed E-state index contributed by atoms with van der Waals surface area (Å²) in [4.78, 5) is 3.79. The van der Waals surface area contributed by atoms with E-state index in [1.807, 2.05) is 0 Å². The van der Waals surface area contributed by atoms with Gasteiger partial charge in [0.15, 0.2) is 0 Å². The normalized spacial score (nSPS) is 35.6. The van der Waals surface area contributed by atoms with E-state index in [4.69, 9.17) is 5.73 Å². The third-order valence-corrected chi connectivity index (χ3v) is 3.13. The molecule has 17 heavy (non-hydrogen) atoms. The van der Waals surface area contributed by atoms with E-state index in [-0.39, 0.29) is 18.0 Å². The van der Waals surface area contributed by atoms with Gasteiger partial charge in [0.1, 0.15) is 5.71 Å². The van der Waals surface area contributed by atoms with Gasteiger partial charge in [0.25, 0.3) is 12.3 Å². The van der Waals surface area contributed by atoms with E-state index in [1.165, 1.54) is 0 Å². The fraction of sp³-hybridized carbons (Fsp3) is 0.727. The Balaban J connectivity index is 2.49. The van der Waals surface area contributed by atoms with Crippen molar-refractivity contribution in [2.75, 3.05) is 0 Å². The molecule has 0 aromatic rings. The minimum absolute atomic E-state index is 0.108. The van der Waals surface area contributed by atoms with Gasteiger partial charge in [0.05, 0.1) is 5.70 Å². The monoisotopic (exact) mass is 250 g/mol. The molecule has 2 aliphatic rings. The number of hydrogen-bond donors (Lipinski definition) is 1. The van der Waals surface area contributed by atoms with E-state index in [2.05, 4.69) is 4.99 Å². The van der Waals surface area contributed by atoms with Gasteiger partial charge >= 0.3 is 0 Å². The Kier molecular flexibility index (Phi) is 2.71. The first kappa shape index (κ1) is 12.4. The Morgan fingerprint density at radius 1 is 1.41 bits per heavy atom. The number of rotatable bonds is 2. The second-order valence-electron chi connectivity index (χ2n) is 4.81. The predicted molar refractivity (Wildman–Crippen MR) is 56.3 cm³/mol. The van der Waals surface area contributed by atoms with Crippen molar-refractivity contribution in [3.8, 4) is 0 Å². The van der Waals surface area contributed by atoms with Crippen LogP contribution in [0.1, 0.15) is 20.3 Å². The van der Waals surface area contributed by atoms with Crippen molar-refractivity contribution in [3.63, 3.8) is 0 Å². The quantitative estimate of drug-likeness (QED) is 0.752. The zero-order valence-electron chi connectivity index (χ0n) is 9.55. The maximum Gasteiger partial charge on any atom is 0.292 e. The average Bonchev–Trinajstić information content (AvgIpc) is 2.92. The van der Waals surface area contributed by atoms with Gasteiger partial charge in [-0.2, -0.15) is 8.78 Å². The molecule has 2 saturated carbocycles. The number of aliphatic imine (C=N–C) groups is 1. The Bertz CT molecular complexity index is 398. The summed E-state index contributed by atoms with van der Waals surface area (Å²) in [5.74, 6) is -4.52. The predicted octanol–water partition coefficient (Wildman–Crippen LogP) is 2.60. The van der Waals surface area contributed by atoms with Crippen LogP contribution in [0.25, 0.3) is 0 Å². The van der Waals surface area contributed by atoms with Gasteiger partial charge in [-0.05, 0) is 26.2 Å². The van der Waals surface area contributed by atoms with Crippen molar-refractivity contribution in [3.05, 3.63) is 11.3 Å². The molecule has 2 fully saturated rings. The van der Waals surface area contributed by atoms with Gasteiger partial charge < -0.3 is 5.73 Å². The lowest BCUT2D eigenvalue weighted by Crippen LogP contribution is -2.30. The second-order valence-corrected chi connectivity index (χ2v) is 4.81. The van der Waals surface area contributed by atoms with Crippen molar-refractivity contribution in [1.29, 1.82) is 0 Å². The molecule has 0 amide bonds. The number of allylic oxidation sites excluding steroid dienone is 2. The lowest BCUT2D eigenvalue weighted by molar-refractivity contribution is 0.0575. The van der Waals surface area contributed by atoms with Crippen LogP contribution in [-0.2, 0) is 0 Å². The van der Waals surface area contributed by atoms with Gasteiger partial charge in [0.2, 0.25) is 0 Å². The zero-order chi connectivity index (χ0) is 13.0. The molecule has 0 spiro atoms. The van der Waals surface area contributed by atoms with Crippen molar-refractivity contribution in [2.45, 2.75) is 38.7 Å². The Hall–Kier alpha value is -1.07. The standard InChI is InChI=1S/C11H14F4N2/c1-4(2)17-9-7(8(16)10(12)13)5-3-6(5)11(9,14)15/h4-6,10H,3,16H2,1-2H3/b8-7-,17-9?/t5-,6?/m0/s1. The summed E-state index contributed by atoms with van der Waals surface area (Å²) in [5, 5.41) is 0. The fourth-order valence-electron chi connectivity index (χ4n) is 2.33. The number of nitrogens with two attached hydrogens (primary N) is 1. The number of halogens is 4. The number of alkyl halides is 4. The molecule has 0 aliphatic heterocycles.